The van der Waals surface area contributed by atoms with Gasteiger partial charge in [-0.3, -0.25) is 8.63 Å². The predicted octanol–water partition coefficient (Wildman–Crippen LogP) is 3.25. The molecule has 0 atom stereocenters. The lowest BCUT2D eigenvalue weighted by atomic mass is 9.78. The second-order valence-corrected chi connectivity index (χ2v) is 7.59. The number of fused-ring (bicyclic) bond motifs is 2. The molecule has 0 unspecified atom stereocenters. The molecule has 3 aromatic rings. The van der Waals surface area contributed by atoms with E-state index in [9.17, 15) is 8.63 Å². The van der Waals surface area contributed by atoms with Gasteiger partial charge in [-0.1, -0.05) is 24.3 Å². The van der Waals surface area contributed by atoms with Crippen LogP contribution < -0.4 is 4.99 Å². The van der Waals surface area contributed by atoms with E-state index in [0.717, 1.165) is 32.8 Å². The predicted molar refractivity (Wildman–Crippen MR) is 104 cm³/mol. The third kappa shape index (κ3) is 2.22. The second kappa shape index (κ2) is 5.55. The Morgan fingerprint density at radius 2 is 1.93 bits per heavy atom. The third-order valence-electron chi connectivity index (χ3n) is 5.69. The number of para-hydroxylation sites is 1. The first-order valence-electron chi connectivity index (χ1n) is 9.08. The maximum atomic E-state index is 13.6. The number of nitrogens with zero attached hydrogens (tertiary/aromatic N) is 2. The van der Waals surface area contributed by atoms with E-state index in [1.54, 1.807) is 12.1 Å². The van der Waals surface area contributed by atoms with Gasteiger partial charge in [0, 0.05) is 23.9 Å². The van der Waals surface area contributed by atoms with Crippen molar-refractivity contribution in [3.05, 3.63) is 71.6 Å². The maximum Gasteiger partial charge on any atom is 0.677 e. The van der Waals surface area contributed by atoms with Gasteiger partial charge in [-0.15, -0.1) is 0 Å². The SMILES string of the molecule is CC1(C)C(c2cc3n(c2-c2cccn2B(F)F)CC=C3)=[NH+]c2ccccc21. The molecule has 0 saturated heterocycles. The molecule has 5 rings (SSSR count). The van der Waals surface area contributed by atoms with Crippen LogP contribution in [0.25, 0.3) is 17.5 Å². The highest BCUT2D eigenvalue weighted by Crippen LogP contribution is 2.39. The normalized spacial score (nSPS) is 16.4. The van der Waals surface area contributed by atoms with Crippen LogP contribution in [0.4, 0.5) is 14.3 Å². The summed E-state index contributed by atoms with van der Waals surface area (Å²) >= 11 is 0. The fourth-order valence-electron chi connectivity index (χ4n) is 4.38. The number of hydrogen-bond acceptors (Lipinski definition) is 0. The minimum absolute atomic E-state index is 0.236. The lowest BCUT2D eigenvalue weighted by Gasteiger charge is -2.18. The van der Waals surface area contributed by atoms with Gasteiger partial charge in [-0.05, 0) is 44.3 Å². The number of benzene rings is 1. The van der Waals surface area contributed by atoms with Gasteiger partial charge in [0.15, 0.2) is 5.71 Å². The topological polar surface area (TPSA) is 23.8 Å². The molecule has 3 nitrogen and oxygen atoms in total. The van der Waals surface area contributed by atoms with Gasteiger partial charge in [0.1, 0.15) is 0 Å². The molecule has 0 bridgehead atoms. The quantitative estimate of drug-likeness (QED) is 0.692. The van der Waals surface area contributed by atoms with Crippen LogP contribution in [-0.4, -0.2) is 22.2 Å². The summed E-state index contributed by atoms with van der Waals surface area (Å²) in [7, 11) is -2.57. The largest absolute Gasteiger partial charge is 0.677 e. The Kier molecular flexibility index (Phi) is 3.35. The fraction of sp³-hybridized carbons (Fsp3) is 0.190. The highest BCUT2D eigenvalue weighted by molar-refractivity contribution is 6.41. The summed E-state index contributed by atoms with van der Waals surface area (Å²) in [6.07, 6.45) is 5.56. The Labute approximate surface area is 156 Å². The minimum atomic E-state index is -2.57. The van der Waals surface area contributed by atoms with Crippen LogP contribution in [0.3, 0.4) is 0 Å². The summed E-state index contributed by atoms with van der Waals surface area (Å²) in [4.78, 5) is 3.56. The molecule has 0 aliphatic carbocycles. The Balaban J connectivity index is 1.76. The fourth-order valence-corrected chi connectivity index (χ4v) is 4.38. The van der Waals surface area contributed by atoms with Crippen LogP contribution in [-0.2, 0) is 12.0 Å². The second-order valence-electron chi connectivity index (χ2n) is 7.59. The zero-order chi connectivity index (χ0) is 18.8. The molecule has 0 amide bonds. The van der Waals surface area contributed by atoms with Gasteiger partial charge >= 0.3 is 7.40 Å². The number of rotatable bonds is 3. The highest BCUT2D eigenvalue weighted by atomic mass is 19.2. The molecule has 134 valence electrons. The Morgan fingerprint density at radius 3 is 2.70 bits per heavy atom. The van der Waals surface area contributed by atoms with Crippen molar-refractivity contribution in [3.63, 3.8) is 0 Å². The van der Waals surface area contributed by atoms with E-state index in [2.05, 4.69) is 53.8 Å². The molecule has 2 aromatic heterocycles. The average molecular weight is 362 g/mol. The molecule has 0 saturated carbocycles. The Hall–Kier alpha value is -2.89. The Morgan fingerprint density at radius 1 is 1.11 bits per heavy atom. The number of aromatic nitrogens is 2. The van der Waals surface area contributed by atoms with Crippen LogP contribution in [0.15, 0.2) is 54.7 Å². The number of hydrogen-bond donors (Lipinski definition) is 1. The number of halogens is 2. The first-order chi connectivity index (χ1) is 13.0. The molecular formula is C21H19BF2N3+. The van der Waals surface area contributed by atoms with Crippen LogP contribution in [0.5, 0.6) is 0 Å². The third-order valence-corrected chi connectivity index (χ3v) is 5.69. The van der Waals surface area contributed by atoms with E-state index in [4.69, 9.17) is 0 Å². The lowest BCUT2D eigenvalue weighted by molar-refractivity contribution is -0.350. The average Bonchev–Trinajstić information content (AvgIpc) is 3.37. The first-order valence-corrected chi connectivity index (χ1v) is 9.08. The zero-order valence-electron chi connectivity index (χ0n) is 15.2. The molecule has 2 aliphatic heterocycles. The Bertz CT molecular complexity index is 1120. The number of nitrogens with one attached hydrogen (secondary N) is 1. The van der Waals surface area contributed by atoms with Crippen molar-refractivity contribution >= 4 is 24.9 Å². The zero-order valence-corrected chi connectivity index (χ0v) is 15.2. The molecule has 2 aliphatic rings. The summed E-state index contributed by atoms with van der Waals surface area (Å²) in [5, 5.41) is 0. The molecule has 4 heterocycles. The standard InChI is InChI=1S/C21H18BF2N3/c1-21(2)16-8-3-4-9-17(16)25-20(21)15-13-14-7-5-11-26(14)19(15)18-10-6-12-27(18)22(23)24/h3-10,12-13H,11H2,1-2H3/p+1. The van der Waals surface area contributed by atoms with E-state index in [1.165, 1.54) is 11.8 Å². The van der Waals surface area contributed by atoms with E-state index in [-0.39, 0.29) is 5.41 Å². The van der Waals surface area contributed by atoms with Crippen LogP contribution in [0.2, 0.25) is 0 Å². The van der Waals surface area contributed by atoms with Crippen molar-refractivity contribution in [1.82, 2.24) is 9.05 Å². The van der Waals surface area contributed by atoms with Gasteiger partial charge in [0.2, 0.25) is 5.69 Å². The van der Waals surface area contributed by atoms with Gasteiger partial charge in [-0.25, -0.2) is 4.99 Å². The molecule has 0 fully saturated rings. The van der Waals surface area contributed by atoms with Crippen molar-refractivity contribution in [1.29, 1.82) is 0 Å². The number of allylic oxidation sites excluding steroid dienone is 1. The van der Waals surface area contributed by atoms with Crippen molar-refractivity contribution < 1.29 is 13.6 Å². The molecule has 27 heavy (non-hydrogen) atoms. The smallest absolute Gasteiger partial charge is 0.335 e. The minimum Gasteiger partial charge on any atom is -0.335 e. The molecule has 0 spiro atoms. The van der Waals surface area contributed by atoms with Crippen LogP contribution in [0.1, 0.15) is 30.7 Å². The molecular weight excluding hydrogens is 343 g/mol. The molecule has 1 aromatic carbocycles. The highest BCUT2D eigenvalue weighted by Gasteiger charge is 2.44. The van der Waals surface area contributed by atoms with E-state index >= 15 is 0 Å². The maximum absolute atomic E-state index is 13.6. The summed E-state index contributed by atoms with van der Waals surface area (Å²) < 4.78 is 30.3. The lowest BCUT2D eigenvalue weighted by Crippen LogP contribution is -2.66. The van der Waals surface area contributed by atoms with E-state index < -0.39 is 7.40 Å². The summed E-state index contributed by atoms with van der Waals surface area (Å²) in [6, 6.07) is 13.8. The summed E-state index contributed by atoms with van der Waals surface area (Å²) in [5.74, 6) is 0. The molecule has 0 radical (unpaired) electrons. The van der Waals surface area contributed by atoms with Crippen molar-refractivity contribution in [2.24, 2.45) is 0 Å². The van der Waals surface area contributed by atoms with Gasteiger partial charge < -0.3 is 9.05 Å². The van der Waals surface area contributed by atoms with Gasteiger partial charge in [0.25, 0.3) is 0 Å². The van der Waals surface area contributed by atoms with Crippen molar-refractivity contribution in [2.75, 3.05) is 0 Å². The summed E-state index contributed by atoms with van der Waals surface area (Å²) in [6.45, 7) is 5.05. The van der Waals surface area contributed by atoms with Crippen molar-refractivity contribution in [3.8, 4) is 11.4 Å². The van der Waals surface area contributed by atoms with E-state index in [1.807, 2.05) is 12.1 Å². The van der Waals surface area contributed by atoms with Crippen molar-refractivity contribution in [2.45, 2.75) is 25.8 Å². The van der Waals surface area contributed by atoms with Gasteiger partial charge in [-0.2, -0.15) is 0 Å². The van der Waals surface area contributed by atoms with E-state index in [0.29, 0.717) is 12.2 Å². The first kappa shape index (κ1) is 16.3. The molecule has 1 N–H and O–H groups in total. The van der Waals surface area contributed by atoms with Gasteiger partial charge in [0.05, 0.1) is 22.4 Å². The molecule has 6 heteroatoms. The monoisotopic (exact) mass is 362 g/mol. The van der Waals surface area contributed by atoms with Crippen LogP contribution >= 0.6 is 0 Å². The summed E-state index contributed by atoms with van der Waals surface area (Å²) in [5.41, 5.74) is 6.52. The van der Waals surface area contributed by atoms with Crippen LogP contribution in [0, 0.1) is 0 Å².